The largest absolute Gasteiger partial charge is 0.496 e. The maximum absolute atomic E-state index is 13.3. The quantitative estimate of drug-likeness (QED) is 0.928. The van der Waals surface area contributed by atoms with Gasteiger partial charge in [-0.05, 0) is 32.0 Å². The van der Waals surface area contributed by atoms with E-state index in [2.05, 4.69) is 4.98 Å². The van der Waals surface area contributed by atoms with Gasteiger partial charge in [0.2, 0.25) is 0 Å². The molecule has 96 valence electrons. The molecular weight excluding hydrogens is 253 g/mol. The molecule has 0 aliphatic rings. The van der Waals surface area contributed by atoms with Crippen LogP contribution in [0.2, 0.25) is 0 Å². The highest BCUT2D eigenvalue weighted by Gasteiger charge is 2.21. The van der Waals surface area contributed by atoms with Crippen molar-refractivity contribution >= 4 is 11.3 Å². The fourth-order valence-electron chi connectivity index (χ4n) is 1.53. The van der Waals surface area contributed by atoms with Crippen molar-refractivity contribution in [2.24, 2.45) is 0 Å². The molecule has 0 aliphatic heterocycles. The van der Waals surface area contributed by atoms with Gasteiger partial charge in [0.25, 0.3) is 0 Å². The molecule has 3 nitrogen and oxygen atoms in total. The van der Waals surface area contributed by atoms with Gasteiger partial charge < -0.3 is 9.84 Å². The first-order valence-electron chi connectivity index (χ1n) is 5.44. The van der Waals surface area contributed by atoms with Crippen LogP contribution < -0.4 is 4.74 Å². The van der Waals surface area contributed by atoms with Gasteiger partial charge in [-0.2, -0.15) is 0 Å². The van der Waals surface area contributed by atoms with Crippen LogP contribution in [0.1, 0.15) is 19.5 Å². The minimum Gasteiger partial charge on any atom is -0.496 e. The molecule has 0 amide bonds. The Morgan fingerprint density at radius 3 is 2.67 bits per heavy atom. The summed E-state index contributed by atoms with van der Waals surface area (Å²) in [7, 11) is 1.53. The first kappa shape index (κ1) is 13.0. The minimum atomic E-state index is -1.00. The smallest absolute Gasteiger partial charge is 0.129 e. The Hall–Kier alpha value is -1.46. The van der Waals surface area contributed by atoms with Crippen LogP contribution in [0.25, 0.3) is 10.6 Å². The van der Waals surface area contributed by atoms with Crippen molar-refractivity contribution in [1.29, 1.82) is 0 Å². The second-order valence-electron chi connectivity index (χ2n) is 4.44. The van der Waals surface area contributed by atoms with Crippen LogP contribution >= 0.6 is 11.3 Å². The van der Waals surface area contributed by atoms with E-state index in [9.17, 15) is 9.50 Å². The molecule has 0 spiro atoms. The van der Waals surface area contributed by atoms with Gasteiger partial charge in [0.1, 0.15) is 22.2 Å². The first-order chi connectivity index (χ1) is 8.41. The number of aliphatic hydroxyl groups is 1. The number of methoxy groups -OCH3 is 1. The molecule has 0 radical (unpaired) electrons. The zero-order valence-electron chi connectivity index (χ0n) is 10.4. The van der Waals surface area contributed by atoms with Gasteiger partial charge >= 0.3 is 0 Å². The summed E-state index contributed by atoms with van der Waals surface area (Å²) in [6.07, 6.45) is 0. The average molecular weight is 267 g/mol. The van der Waals surface area contributed by atoms with Crippen LogP contribution in [-0.4, -0.2) is 17.2 Å². The molecule has 0 fully saturated rings. The lowest BCUT2D eigenvalue weighted by Crippen LogP contribution is -2.15. The number of hydrogen-bond donors (Lipinski definition) is 1. The maximum atomic E-state index is 13.3. The Bertz CT molecular complexity index is 560. The number of ether oxygens (including phenoxy) is 1. The molecule has 2 rings (SSSR count). The molecule has 2 aromatic rings. The van der Waals surface area contributed by atoms with Crippen LogP contribution in [0.15, 0.2) is 23.6 Å². The highest BCUT2D eigenvalue weighted by Crippen LogP contribution is 2.34. The number of aromatic nitrogens is 1. The van der Waals surface area contributed by atoms with Gasteiger partial charge in [0, 0.05) is 5.38 Å². The predicted molar refractivity (Wildman–Crippen MR) is 69.3 cm³/mol. The van der Waals surface area contributed by atoms with Gasteiger partial charge in [0.15, 0.2) is 0 Å². The van der Waals surface area contributed by atoms with Gasteiger partial charge in [-0.15, -0.1) is 11.3 Å². The molecule has 18 heavy (non-hydrogen) atoms. The Balaban J connectivity index is 2.49. The Morgan fingerprint density at radius 2 is 2.11 bits per heavy atom. The molecule has 0 aliphatic carbocycles. The van der Waals surface area contributed by atoms with Crippen molar-refractivity contribution in [3.63, 3.8) is 0 Å². The fraction of sp³-hybridized carbons (Fsp3) is 0.308. The lowest BCUT2D eigenvalue weighted by Gasteiger charge is -2.13. The van der Waals surface area contributed by atoms with Crippen molar-refractivity contribution in [2.75, 3.05) is 7.11 Å². The number of benzene rings is 1. The maximum Gasteiger partial charge on any atom is 0.129 e. The summed E-state index contributed by atoms with van der Waals surface area (Å²) in [5.74, 6) is 0.221. The number of rotatable bonds is 3. The van der Waals surface area contributed by atoms with E-state index in [0.717, 1.165) is 0 Å². The van der Waals surface area contributed by atoms with E-state index in [1.165, 1.54) is 30.6 Å². The molecule has 1 aromatic carbocycles. The second kappa shape index (κ2) is 4.66. The summed E-state index contributed by atoms with van der Waals surface area (Å²) in [6.45, 7) is 3.32. The van der Waals surface area contributed by atoms with E-state index < -0.39 is 5.60 Å². The Morgan fingerprint density at radius 1 is 1.39 bits per heavy atom. The van der Waals surface area contributed by atoms with Crippen molar-refractivity contribution in [3.8, 4) is 16.3 Å². The van der Waals surface area contributed by atoms with Gasteiger partial charge in [-0.1, -0.05) is 0 Å². The van der Waals surface area contributed by atoms with Crippen LogP contribution in [0.5, 0.6) is 5.75 Å². The summed E-state index contributed by atoms with van der Waals surface area (Å²) >= 11 is 1.35. The van der Waals surface area contributed by atoms with Crippen LogP contribution in [0.4, 0.5) is 4.39 Å². The van der Waals surface area contributed by atoms with Gasteiger partial charge in [-0.25, -0.2) is 9.37 Å². The van der Waals surface area contributed by atoms with E-state index >= 15 is 0 Å². The van der Waals surface area contributed by atoms with Crippen LogP contribution in [-0.2, 0) is 5.60 Å². The van der Waals surface area contributed by atoms with E-state index in [0.29, 0.717) is 22.0 Å². The fourth-order valence-corrected chi connectivity index (χ4v) is 2.53. The standard InChI is InChI=1S/C13H14FNO2S/c1-13(2,16)11-7-18-12(15-11)9-6-8(14)4-5-10(9)17-3/h4-7,16H,1-3H3. The van der Waals surface area contributed by atoms with Crippen molar-refractivity contribution in [3.05, 3.63) is 35.1 Å². The summed E-state index contributed by atoms with van der Waals surface area (Å²) in [4.78, 5) is 4.32. The molecule has 1 heterocycles. The third-order valence-corrected chi connectivity index (χ3v) is 3.40. The number of halogens is 1. The van der Waals surface area contributed by atoms with Crippen LogP contribution in [0, 0.1) is 5.82 Å². The third kappa shape index (κ3) is 2.52. The third-order valence-electron chi connectivity index (χ3n) is 2.52. The molecule has 1 aromatic heterocycles. The van der Waals surface area contributed by atoms with Gasteiger partial charge in [0.05, 0.1) is 18.4 Å². The lowest BCUT2D eigenvalue weighted by atomic mass is 10.1. The molecule has 5 heteroatoms. The Labute approximate surface area is 109 Å². The van der Waals surface area contributed by atoms with E-state index in [-0.39, 0.29) is 5.82 Å². The zero-order chi connectivity index (χ0) is 13.3. The van der Waals surface area contributed by atoms with Crippen LogP contribution in [0.3, 0.4) is 0 Å². The zero-order valence-corrected chi connectivity index (χ0v) is 11.2. The topological polar surface area (TPSA) is 42.4 Å². The normalized spacial score (nSPS) is 11.6. The number of nitrogens with zero attached hydrogens (tertiary/aromatic N) is 1. The van der Waals surface area contributed by atoms with Crippen molar-refractivity contribution < 1.29 is 14.2 Å². The minimum absolute atomic E-state index is 0.342. The lowest BCUT2D eigenvalue weighted by molar-refractivity contribution is 0.0746. The predicted octanol–water partition coefficient (Wildman–Crippen LogP) is 3.19. The summed E-state index contributed by atoms with van der Waals surface area (Å²) < 4.78 is 18.5. The monoisotopic (exact) mass is 267 g/mol. The molecular formula is C13H14FNO2S. The molecule has 0 saturated heterocycles. The van der Waals surface area contributed by atoms with E-state index in [1.54, 1.807) is 25.3 Å². The number of thiazole rings is 1. The van der Waals surface area contributed by atoms with Crippen molar-refractivity contribution in [1.82, 2.24) is 4.98 Å². The molecule has 0 atom stereocenters. The molecule has 0 unspecified atom stereocenters. The highest BCUT2D eigenvalue weighted by atomic mass is 32.1. The van der Waals surface area contributed by atoms with Gasteiger partial charge in [-0.3, -0.25) is 0 Å². The molecule has 0 saturated carbocycles. The SMILES string of the molecule is COc1ccc(F)cc1-c1nc(C(C)(C)O)cs1. The highest BCUT2D eigenvalue weighted by molar-refractivity contribution is 7.13. The molecule has 0 bridgehead atoms. The van der Waals surface area contributed by atoms with E-state index in [4.69, 9.17) is 4.74 Å². The second-order valence-corrected chi connectivity index (χ2v) is 5.30. The summed E-state index contributed by atoms with van der Waals surface area (Å²) in [5.41, 5.74) is 0.154. The summed E-state index contributed by atoms with van der Waals surface area (Å²) in [6, 6.07) is 4.29. The Kier molecular flexibility index (Phi) is 3.36. The average Bonchev–Trinajstić information content (AvgIpc) is 2.77. The summed E-state index contributed by atoms with van der Waals surface area (Å²) in [5, 5.41) is 12.3. The molecule has 1 N–H and O–H groups in total. The first-order valence-corrected chi connectivity index (χ1v) is 6.32. The van der Waals surface area contributed by atoms with Crippen molar-refractivity contribution in [2.45, 2.75) is 19.4 Å². The number of hydrogen-bond acceptors (Lipinski definition) is 4. The van der Waals surface area contributed by atoms with E-state index in [1.807, 2.05) is 0 Å².